The number of aliphatic hydroxyl groups is 2. The first-order valence-corrected chi connectivity index (χ1v) is 11.6. The molecular weight excluding hydrogens is 530 g/mol. The lowest BCUT2D eigenvalue weighted by Crippen LogP contribution is -2.56. The van der Waals surface area contributed by atoms with Gasteiger partial charge in [0.05, 0.1) is 19.2 Å². The molecule has 0 bridgehead atoms. The summed E-state index contributed by atoms with van der Waals surface area (Å²) in [5, 5.41) is 41.8. The van der Waals surface area contributed by atoms with Crippen molar-refractivity contribution in [2.24, 2.45) is 10.7 Å². The van der Waals surface area contributed by atoms with Crippen LogP contribution < -0.4 is 15.5 Å². The normalized spacial score (nSPS) is 24.4. The lowest BCUT2D eigenvalue weighted by atomic mass is 9.97. The number of ether oxygens (including phenoxy) is 3. The van der Waals surface area contributed by atoms with Crippen LogP contribution in [0.5, 0.6) is 0 Å². The topological polar surface area (TPSA) is 277 Å². The van der Waals surface area contributed by atoms with Crippen molar-refractivity contribution in [3.8, 4) is 0 Å². The number of aliphatic imine (C=N–C) groups is 1. The molecule has 0 fully saturated rings. The predicted octanol–water partition coefficient (Wildman–Crippen LogP) is -1.15. The largest absolute Gasteiger partial charge is 0.801 e. The van der Waals surface area contributed by atoms with E-state index in [-0.39, 0.29) is 66.3 Å². The summed E-state index contributed by atoms with van der Waals surface area (Å²) < 4.78 is 59.2. The molecule has 3 aliphatic rings. The maximum absolute atomic E-state index is 12.3. The molecule has 0 amide bonds. The van der Waals surface area contributed by atoms with Crippen LogP contribution in [0.25, 0.3) is 5.73 Å². The third kappa shape index (κ3) is 7.45. The van der Waals surface area contributed by atoms with Crippen molar-refractivity contribution in [2.45, 2.75) is 18.4 Å². The summed E-state index contributed by atoms with van der Waals surface area (Å²) in [7, 11) is -5.17. The van der Waals surface area contributed by atoms with Gasteiger partial charge in [0.15, 0.2) is 5.60 Å². The third-order valence-corrected chi connectivity index (χ3v) is 4.56. The summed E-state index contributed by atoms with van der Waals surface area (Å²) in [5.41, 5.74) is 10.8. The van der Waals surface area contributed by atoms with Crippen molar-refractivity contribution in [1.29, 1.82) is 5.41 Å². The molecule has 3 radical (unpaired) electrons. The Morgan fingerprint density at radius 3 is 2.61 bits per heavy atom. The van der Waals surface area contributed by atoms with E-state index in [0.717, 1.165) is 0 Å². The van der Waals surface area contributed by atoms with E-state index in [4.69, 9.17) is 53.0 Å². The van der Waals surface area contributed by atoms with E-state index in [0.29, 0.717) is 0 Å². The minimum Gasteiger partial charge on any atom is -0.801 e. The van der Waals surface area contributed by atoms with Gasteiger partial charge in [0.2, 0.25) is 17.3 Å². The molecule has 2 heterocycles. The van der Waals surface area contributed by atoms with Gasteiger partial charge >= 0.3 is 33.8 Å². The van der Waals surface area contributed by atoms with Crippen LogP contribution in [0, 0.1) is 25.3 Å². The lowest BCUT2D eigenvalue weighted by Gasteiger charge is -2.29. The number of ketones is 1. The smallest absolute Gasteiger partial charge is 0.505 e. The van der Waals surface area contributed by atoms with Crippen molar-refractivity contribution in [1.82, 2.24) is 4.67 Å². The molecule has 38 heavy (non-hydrogen) atoms. The van der Waals surface area contributed by atoms with Crippen molar-refractivity contribution >= 4 is 40.0 Å². The monoisotopic (exact) mass is 552 g/mol. The van der Waals surface area contributed by atoms with Gasteiger partial charge in [-0.1, -0.05) is 20.3 Å². The van der Waals surface area contributed by atoms with Crippen LogP contribution in [-0.4, -0.2) is 73.6 Å². The van der Waals surface area contributed by atoms with E-state index in [1.807, 2.05) is 0 Å². The Bertz CT molecular complexity index is 1340. The van der Waals surface area contributed by atoms with Gasteiger partial charge in [-0.05, 0) is 12.1 Å². The predicted molar refractivity (Wildman–Crippen MR) is 127 cm³/mol. The summed E-state index contributed by atoms with van der Waals surface area (Å²) >= 11 is 0. The first-order valence-electron chi connectivity index (χ1n) is 10.2. The van der Waals surface area contributed by atoms with Gasteiger partial charge in [0, 0.05) is 12.5 Å². The highest BCUT2D eigenvalue weighted by Crippen LogP contribution is 2.28. The minimum absolute atomic E-state index is 0.0117. The molecule has 1 unspecified atom stereocenters. The molecule has 0 aromatic heterocycles. The molecule has 1 atom stereocenters. The molecule has 2 aliphatic heterocycles. The number of aliphatic hydroxyl groups excluding tert-OH is 2. The van der Waals surface area contributed by atoms with Gasteiger partial charge in [0.25, 0.3) is 12.5 Å². The molecule has 0 saturated carbocycles. The van der Waals surface area contributed by atoms with Gasteiger partial charge in [-0.2, -0.15) is 8.42 Å². The molecule has 203 valence electrons. The number of carbonyl (C=O) groups excluding carboxylic acids is 1. The molecule has 0 spiro atoms. The van der Waals surface area contributed by atoms with Gasteiger partial charge in [-0.3, -0.25) is 14.6 Å². The van der Waals surface area contributed by atoms with Gasteiger partial charge in [-0.25, -0.2) is 0 Å². The maximum atomic E-state index is 12.3. The van der Waals surface area contributed by atoms with Crippen LogP contribution in [0.2, 0.25) is 0 Å². The first-order chi connectivity index (χ1) is 17.6. The van der Waals surface area contributed by atoms with Crippen LogP contribution in [0.15, 0.2) is 45.6 Å². The second kappa shape index (κ2) is 12.0. The molecular formula is C21H22N5O11S. The van der Waals surface area contributed by atoms with Crippen molar-refractivity contribution in [3.05, 3.63) is 66.3 Å². The molecule has 1 aliphatic carbocycles. The number of nitrogens with one attached hydrogen (secondary N) is 2. The second-order valence-corrected chi connectivity index (χ2v) is 8.19. The average Bonchev–Trinajstić information content (AvgIpc) is 2.80. The Hall–Kier alpha value is -4.12. The highest BCUT2D eigenvalue weighted by Gasteiger charge is 2.47. The highest BCUT2D eigenvalue weighted by molar-refractivity contribution is 7.79. The highest BCUT2D eigenvalue weighted by atomic mass is 32.3. The average molecular weight is 552 g/mol. The number of nitrogens with zero attached hydrogens (tertiary/aromatic N) is 2. The zero-order valence-electron chi connectivity index (χ0n) is 19.6. The Kier molecular flexibility index (Phi) is 9.47. The molecule has 0 aromatic carbocycles. The zero-order chi connectivity index (χ0) is 28.8. The minimum atomic E-state index is -5.17. The summed E-state index contributed by atoms with van der Waals surface area (Å²) in [5.74, 6) is -2.71. The Morgan fingerprint density at radius 1 is 1.42 bits per heavy atom. The Labute approximate surface area is 217 Å². The number of allylic oxidation sites excluding steroid dienone is 3. The number of hydrogen-bond acceptors (Lipinski definition) is 11. The van der Waals surface area contributed by atoms with E-state index in [9.17, 15) is 15.3 Å². The van der Waals surface area contributed by atoms with Crippen LogP contribution >= 0.6 is 0 Å². The Balaban J connectivity index is 0.000000926. The van der Waals surface area contributed by atoms with Crippen LogP contribution in [-0.2, 0) is 38.1 Å². The Morgan fingerprint density at radius 2 is 2.05 bits per heavy atom. The molecule has 3 rings (SSSR count). The standard InChI is InChI=1S/C21H22N5O7.O4S/c1-4-26-13-7-12(24)16(32-19-11(23)6-5-10(8-22)31-19)14(27)17(13)33-20-15(28)18(25-3)21(2,29)9-30-20;1-5(2,3)4/h1-4,6-9,22H2,(H4-,23,24,26,27,28);. The van der Waals surface area contributed by atoms with Crippen LogP contribution in [0.1, 0.15) is 12.8 Å². The molecule has 0 saturated heterocycles. The molecule has 0 aromatic rings. The van der Waals surface area contributed by atoms with Crippen molar-refractivity contribution in [2.75, 3.05) is 19.7 Å². The third-order valence-electron chi connectivity index (χ3n) is 4.56. The summed E-state index contributed by atoms with van der Waals surface area (Å²) in [6.07, 6.45) is 2.69. The fourth-order valence-electron chi connectivity index (χ4n) is 2.97. The van der Waals surface area contributed by atoms with Gasteiger partial charge < -0.3 is 48.2 Å². The molecule has 16 nitrogen and oxygen atoms in total. The van der Waals surface area contributed by atoms with Crippen molar-refractivity contribution in [3.63, 3.8) is 0 Å². The summed E-state index contributed by atoms with van der Waals surface area (Å²) in [4.78, 5) is 4.11. The van der Waals surface area contributed by atoms with E-state index in [2.05, 4.69) is 36.3 Å². The fourth-order valence-corrected chi connectivity index (χ4v) is 2.97. The fraction of sp³-hybridized carbons (Fsp3) is 0.286. The summed E-state index contributed by atoms with van der Waals surface area (Å²) in [6.45, 7) is 9.76. The lowest BCUT2D eigenvalue weighted by molar-refractivity contribution is -0.442. The molecule has 17 heteroatoms. The number of hydrogen-bond donors (Lipinski definition) is 4. The van der Waals surface area contributed by atoms with Crippen LogP contribution in [0.4, 0.5) is 0 Å². The van der Waals surface area contributed by atoms with E-state index in [1.165, 1.54) is 0 Å². The van der Waals surface area contributed by atoms with Crippen LogP contribution in [0.3, 0.4) is 0 Å². The SMILES string of the molecule is C=[N+]=C1C(O)=C(OC2=C(O)C(=[O+]C3=C([NH-])C[C]=C(CN)O3)C(=N)CC2=NC[CH2-])OCC1([CH2+])[O-].[O]S([O])(=O)=O. The second-order valence-electron chi connectivity index (χ2n) is 7.38. The quantitative estimate of drug-likeness (QED) is 0.138. The van der Waals surface area contributed by atoms with E-state index >= 15 is 0 Å². The first kappa shape index (κ1) is 30.1. The van der Waals surface area contributed by atoms with E-state index in [1.54, 1.807) is 0 Å². The van der Waals surface area contributed by atoms with E-state index < -0.39 is 45.8 Å². The van der Waals surface area contributed by atoms with Gasteiger partial charge in [0.1, 0.15) is 12.3 Å². The zero-order valence-corrected chi connectivity index (χ0v) is 20.4. The number of rotatable bonds is 5. The number of nitrogens with two attached hydrogens (primary N) is 1. The summed E-state index contributed by atoms with van der Waals surface area (Å²) in [6, 6.07) is 0. The molecule has 6 N–H and O–H groups in total. The van der Waals surface area contributed by atoms with Crippen molar-refractivity contribution < 1.29 is 51.5 Å². The van der Waals surface area contributed by atoms with Gasteiger partial charge in [-0.15, -0.1) is 0 Å². The maximum Gasteiger partial charge on any atom is 0.505 e.